The van der Waals surface area contributed by atoms with Crippen LogP contribution >= 0.6 is 0 Å². The Morgan fingerprint density at radius 2 is 1.80 bits per heavy atom. The van der Waals surface area contributed by atoms with Gasteiger partial charge in [0.2, 0.25) is 5.91 Å². The second-order valence-corrected chi connectivity index (χ2v) is 4.62. The van der Waals surface area contributed by atoms with E-state index >= 15 is 0 Å². The molecule has 2 atom stereocenters. The molecule has 1 unspecified atom stereocenters. The van der Waals surface area contributed by atoms with E-state index in [0.29, 0.717) is 5.56 Å². The summed E-state index contributed by atoms with van der Waals surface area (Å²) < 4.78 is 0. The van der Waals surface area contributed by atoms with E-state index in [2.05, 4.69) is 0 Å². The van der Waals surface area contributed by atoms with Gasteiger partial charge < -0.3 is 20.2 Å². The Bertz CT molecular complexity index is 552. The Balaban J connectivity index is 2.30. The van der Waals surface area contributed by atoms with Gasteiger partial charge in [0, 0.05) is 13.0 Å². The number of aliphatic carboxylic acids is 2. The van der Waals surface area contributed by atoms with E-state index in [1.807, 2.05) is 0 Å². The molecule has 1 aliphatic rings. The minimum atomic E-state index is -1.24. The van der Waals surface area contributed by atoms with Crippen LogP contribution in [0.2, 0.25) is 0 Å². The van der Waals surface area contributed by atoms with Gasteiger partial charge in [-0.15, -0.1) is 0 Å². The van der Waals surface area contributed by atoms with Gasteiger partial charge in [-0.2, -0.15) is 0 Å². The topological polar surface area (TPSA) is 115 Å². The molecule has 0 aromatic heterocycles. The molecule has 1 heterocycles. The van der Waals surface area contributed by atoms with E-state index in [-0.39, 0.29) is 18.7 Å². The molecule has 106 valence electrons. The molecule has 0 bridgehead atoms. The number of hydrogen-bond acceptors (Lipinski definition) is 4. The van der Waals surface area contributed by atoms with Crippen LogP contribution in [0.3, 0.4) is 0 Å². The standard InChI is InChI=1S/C13H13NO6/c15-9-3-1-7(2-4-9)11(13(19)20)14-6-8(12(17)18)5-10(14)16/h1-4,8,11,15H,5-6H2,(H,17,18)(H,19,20)/t8?,11-/m1/s1. The maximum Gasteiger partial charge on any atom is 0.331 e. The number of aromatic hydroxyl groups is 1. The fourth-order valence-corrected chi connectivity index (χ4v) is 2.26. The maximum absolute atomic E-state index is 11.8. The van der Waals surface area contributed by atoms with Crippen molar-refractivity contribution in [3.05, 3.63) is 29.8 Å². The predicted molar refractivity (Wildman–Crippen MR) is 65.9 cm³/mol. The zero-order valence-electron chi connectivity index (χ0n) is 10.4. The molecule has 7 nitrogen and oxygen atoms in total. The molecule has 0 spiro atoms. The molecule has 0 radical (unpaired) electrons. The van der Waals surface area contributed by atoms with Crippen LogP contribution in [-0.4, -0.2) is 44.6 Å². The van der Waals surface area contributed by atoms with Crippen molar-refractivity contribution in [1.29, 1.82) is 0 Å². The van der Waals surface area contributed by atoms with Crippen molar-refractivity contribution in [2.24, 2.45) is 5.92 Å². The van der Waals surface area contributed by atoms with Gasteiger partial charge in [-0.3, -0.25) is 9.59 Å². The first-order valence-corrected chi connectivity index (χ1v) is 5.94. The number of carbonyl (C=O) groups excluding carboxylic acids is 1. The predicted octanol–water partition coefficient (Wildman–Crippen LogP) is 0.451. The Morgan fingerprint density at radius 3 is 2.25 bits per heavy atom. The number of rotatable bonds is 4. The normalized spacial score (nSPS) is 19.9. The third kappa shape index (κ3) is 2.56. The first-order valence-electron chi connectivity index (χ1n) is 5.94. The SMILES string of the molecule is O=C(O)C1CC(=O)N([C@@H](C(=O)O)c2ccc(O)cc2)C1. The molecular weight excluding hydrogens is 266 g/mol. The third-order valence-electron chi connectivity index (χ3n) is 3.26. The first-order chi connectivity index (χ1) is 9.40. The summed E-state index contributed by atoms with van der Waals surface area (Å²) in [7, 11) is 0. The number of nitrogens with zero attached hydrogens (tertiary/aromatic N) is 1. The smallest absolute Gasteiger partial charge is 0.331 e. The van der Waals surface area contributed by atoms with Gasteiger partial charge in [0.15, 0.2) is 6.04 Å². The number of amides is 1. The second-order valence-electron chi connectivity index (χ2n) is 4.62. The first kappa shape index (κ1) is 13.9. The van der Waals surface area contributed by atoms with Crippen molar-refractivity contribution in [1.82, 2.24) is 4.90 Å². The summed E-state index contributed by atoms with van der Waals surface area (Å²) in [5.74, 6) is -3.76. The van der Waals surface area contributed by atoms with Crippen molar-refractivity contribution in [2.75, 3.05) is 6.54 Å². The molecule has 0 aliphatic carbocycles. The number of carbonyl (C=O) groups is 3. The van der Waals surface area contributed by atoms with Gasteiger partial charge in [0.25, 0.3) is 0 Å². The van der Waals surface area contributed by atoms with Crippen molar-refractivity contribution in [3.63, 3.8) is 0 Å². The quantitative estimate of drug-likeness (QED) is 0.737. The summed E-state index contributed by atoms with van der Waals surface area (Å²) in [6.45, 7) is -0.133. The summed E-state index contributed by atoms with van der Waals surface area (Å²) in [5, 5.41) is 27.4. The van der Waals surface area contributed by atoms with Gasteiger partial charge >= 0.3 is 11.9 Å². The Hall–Kier alpha value is -2.57. The molecule has 0 saturated carbocycles. The monoisotopic (exact) mass is 279 g/mol. The minimum Gasteiger partial charge on any atom is -0.508 e. The van der Waals surface area contributed by atoms with E-state index in [0.717, 1.165) is 4.90 Å². The molecule has 1 fully saturated rings. The highest BCUT2D eigenvalue weighted by Crippen LogP contribution is 2.30. The summed E-state index contributed by atoms with van der Waals surface area (Å²) in [5.41, 5.74) is 0.315. The molecule has 1 saturated heterocycles. The van der Waals surface area contributed by atoms with Crippen LogP contribution in [0.4, 0.5) is 0 Å². The van der Waals surface area contributed by atoms with E-state index < -0.39 is 29.8 Å². The highest BCUT2D eigenvalue weighted by Gasteiger charge is 2.41. The molecule has 3 N–H and O–H groups in total. The molecule has 1 amide bonds. The highest BCUT2D eigenvalue weighted by molar-refractivity contribution is 5.90. The number of carboxylic acids is 2. The summed E-state index contributed by atoms with van der Waals surface area (Å²) in [4.78, 5) is 35.2. The number of phenolic OH excluding ortho intramolecular Hbond substituents is 1. The Morgan fingerprint density at radius 1 is 1.20 bits per heavy atom. The average Bonchev–Trinajstić information content (AvgIpc) is 2.74. The number of hydrogen-bond donors (Lipinski definition) is 3. The Labute approximate surface area is 114 Å². The van der Waals surface area contributed by atoms with Gasteiger partial charge in [0.05, 0.1) is 5.92 Å². The van der Waals surface area contributed by atoms with Crippen LogP contribution in [0.15, 0.2) is 24.3 Å². The number of phenols is 1. The Kier molecular flexibility index (Phi) is 3.60. The molecular formula is C13H13NO6. The van der Waals surface area contributed by atoms with Crippen LogP contribution in [0.25, 0.3) is 0 Å². The summed E-state index contributed by atoms with van der Waals surface area (Å²) in [6.07, 6.45) is -0.197. The fourth-order valence-electron chi connectivity index (χ4n) is 2.26. The van der Waals surface area contributed by atoms with Crippen LogP contribution in [0.1, 0.15) is 18.0 Å². The highest BCUT2D eigenvalue weighted by atomic mass is 16.4. The van der Waals surface area contributed by atoms with Crippen molar-refractivity contribution in [2.45, 2.75) is 12.5 Å². The van der Waals surface area contributed by atoms with Crippen LogP contribution in [0.5, 0.6) is 5.75 Å². The van der Waals surface area contributed by atoms with Gasteiger partial charge in [-0.25, -0.2) is 4.79 Å². The van der Waals surface area contributed by atoms with E-state index in [9.17, 15) is 24.6 Å². The lowest BCUT2D eigenvalue weighted by Crippen LogP contribution is -2.35. The summed E-state index contributed by atoms with van der Waals surface area (Å²) >= 11 is 0. The minimum absolute atomic E-state index is 0.0194. The number of carboxylic acid groups (broad SMARTS) is 2. The molecule has 1 aromatic carbocycles. The number of benzene rings is 1. The zero-order chi connectivity index (χ0) is 14.9. The van der Waals surface area contributed by atoms with E-state index in [1.54, 1.807) is 0 Å². The number of likely N-dealkylation sites (tertiary alicyclic amines) is 1. The lowest BCUT2D eigenvalue weighted by molar-refractivity contribution is -0.149. The lowest BCUT2D eigenvalue weighted by atomic mass is 10.1. The van der Waals surface area contributed by atoms with Crippen molar-refractivity contribution < 1.29 is 29.7 Å². The molecule has 7 heteroatoms. The van der Waals surface area contributed by atoms with Crippen LogP contribution in [-0.2, 0) is 14.4 Å². The van der Waals surface area contributed by atoms with Crippen LogP contribution in [0, 0.1) is 5.92 Å². The molecule has 20 heavy (non-hydrogen) atoms. The van der Waals surface area contributed by atoms with Gasteiger partial charge in [0.1, 0.15) is 5.75 Å². The fraction of sp³-hybridized carbons (Fsp3) is 0.308. The summed E-state index contributed by atoms with van der Waals surface area (Å²) in [6, 6.07) is 4.19. The second kappa shape index (κ2) is 5.20. The zero-order valence-corrected chi connectivity index (χ0v) is 10.4. The molecule has 1 aromatic rings. The van der Waals surface area contributed by atoms with Gasteiger partial charge in [-0.05, 0) is 17.7 Å². The van der Waals surface area contributed by atoms with Crippen LogP contribution < -0.4 is 0 Å². The van der Waals surface area contributed by atoms with Crippen molar-refractivity contribution >= 4 is 17.8 Å². The average molecular weight is 279 g/mol. The van der Waals surface area contributed by atoms with Gasteiger partial charge in [-0.1, -0.05) is 12.1 Å². The van der Waals surface area contributed by atoms with Crippen molar-refractivity contribution in [3.8, 4) is 5.75 Å². The third-order valence-corrected chi connectivity index (χ3v) is 3.26. The molecule has 2 rings (SSSR count). The largest absolute Gasteiger partial charge is 0.508 e. The molecule has 1 aliphatic heterocycles. The van der Waals surface area contributed by atoms with E-state index in [1.165, 1.54) is 24.3 Å². The maximum atomic E-state index is 11.8. The van der Waals surface area contributed by atoms with E-state index in [4.69, 9.17) is 5.11 Å². The lowest BCUT2D eigenvalue weighted by Gasteiger charge is -2.24.